The van der Waals surface area contributed by atoms with Crippen molar-refractivity contribution in [3.63, 3.8) is 0 Å². The zero-order valence-corrected chi connectivity index (χ0v) is 14.6. The van der Waals surface area contributed by atoms with Gasteiger partial charge in [-0.3, -0.25) is 4.90 Å². The van der Waals surface area contributed by atoms with Gasteiger partial charge in [-0.1, -0.05) is 24.3 Å². The summed E-state index contributed by atoms with van der Waals surface area (Å²) < 4.78 is 27.0. The van der Waals surface area contributed by atoms with E-state index in [1.165, 1.54) is 11.6 Å². The van der Waals surface area contributed by atoms with Crippen molar-refractivity contribution >= 4 is 0 Å². The Bertz CT molecular complexity index is 876. The molecule has 0 saturated carbocycles. The highest BCUT2D eigenvalue weighted by Gasteiger charge is 2.27. The van der Waals surface area contributed by atoms with E-state index in [-0.39, 0.29) is 12.0 Å². The van der Waals surface area contributed by atoms with E-state index in [0.29, 0.717) is 12.3 Å². The number of rotatable bonds is 5. The molecule has 0 aliphatic carbocycles. The Morgan fingerprint density at radius 1 is 1.12 bits per heavy atom. The average Bonchev–Trinajstić information content (AvgIpc) is 3.32. The van der Waals surface area contributed by atoms with Crippen LogP contribution in [-0.4, -0.2) is 29.7 Å². The zero-order valence-electron chi connectivity index (χ0n) is 14.6. The third-order valence-electron chi connectivity index (χ3n) is 4.66. The first-order valence-corrected chi connectivity index (χ1v) is 8.66. The van der Waals surface area contributed by atoms with Gasteiger partial charge < -0.3 is 14.0 Å². The standard InChI is InChI=1S/C21H21FN2O2/c1-25-18-8-6-16(7-9-18)14-24-12-13-26-21(24)17-10-11-23(15-17)20-5-3-2-4-19(20)22/h2-11,15,21H,12-14H2,1H3/t21-/m1/s1. The first-order chi connectivity index (χ1) is 12.7. The minimum absolute atomic E-state index is 0.120. The van der Waals surface area contributed by atoms with E-state index in [1.54, 1.807) is 23.8 Å². The number of nitrogens with zero attached hydrogens (tertiary/aromatic N) is 2. The highest BCUT2D eigenvalue weighted by Crippen LogP contribution is 2.30. The SMILES string of the molecule is COc1ccc(CN2CCO[C@@H]2c2ccn(-c3ccccc3F)c2)cc1. The Morgan fingerprint density at radius 3 is 2.69 bits per heavy atom. The van der Waals surface area contributed by atoms with Gasteiger partial charge in [-0.25, -0.2) is 4.39 Å². The maximum absolute atomic E-state index is 14.0. The molecule has 26 heavy (non-hydrogen) atoms. The zero-order chi connectivity index (χ0) is 17.9. The predicted molar refractivity (Wildman–Crippen MR) is 97.8 cm³/mol. The van der Waals surface area contributed by atoms with Gasteiger partial charge in [0.15, 0.2) is 0 Å². The summed E-state index contributed by atoms with van der Waals surface area (Å²) in [6.45, 7) is 2.34. The maximum atomic E-state index is 14.0. The molecule has 2 heterocycles. The van der Waals surface area contributed by atoms with Crippen molar-refractivity contribution in [2.75, 3.05) is 20.3 Å². The average molecular weight is 352 g/mol. The third-order valence-corrected chi connectivity index (χ3v) is 4.66. The van der Waals surface area contributed by atoms with Crippen LogP contribution in [0.4, 0.5) is 4.39 Å². The van der Waals surface area contributed by atoms with Crippen LogP contribution in [0.25, 0.3) is 5.69 Å². The molecule has 0 unspecified atom stereocenters. The molecule has 0 radical (unpaired) electrons. The molecule has 0 bridgehead atoms. The Balaban J connectivity index is 1.52. The van der Waals surface area contributed by atoms with E-state index in [9.17, 15) is 4.39 Å². The molecule has 0 spiro atoms. The van der Waals surface area contributed by atoms with Crippen molar-refractivity contribution in [2.45, 2.75) is 12.8 Å². The Kier molecular flexibility index (Phi) is 4.73. The Morgan fingerprint density at radius 2 is 1.92 bits per heavy atom. The van der Waals surface area contributed by atoms with E-state index in [0.717, 1.165) is 24.4 Å². The molecule has 5 heteroatoms. The van der Waals surface area contributed by atoms with Crippen LogP contribution in [0, 0.1) is 5.82 Å². The predicted octanol–water partition coefficient (Wildman–Crippen LogP) is 4.16. The van der Waals surface area contributed by atoms with Gasteiger partial charge in [0.1, 0.15) is 17.8 Å². The van der Waals surface area contributed by atoms with Gasteiger partial charge in [-0.2, -0.15) is 0 Å². The van der Waals surface area contributed by atoms with Crippen molar-refractivity contribution in [2.24, 2.45) is 0 Å². The van der Waals surface area contributed by atoms with Crippen molar-refractivity contribution in [3.05, 3.63) is 83.9 Å². The summed E-state index contributed by atoms with van der Waals surface area (Å²) in [4.78, 5) is 2.28. The molecule has 4 rings (SSSR count). The fourth-order valence-corrected chi connectivity index (χ4v) is 3.31. The van der Waals surface area contributed by atoms with Gasteiger partial charge in [-0.05, 0) is 35.9 Å². The van der Waals surface area contributed by atoms with Crippen LogP contribution in [0.1, 0.15) is 17.4 Å². The fraction of sp³-hybridized carbons (Fsp3) is 0.238. The number of ether oxygens (including phenoxy) is 2. The van der Waals surface area contributed by atoms with Crippen LogP contribution in [0.15, 0.2) is 67.0 Å². The molecule has 3 aromatic rings. The minimum Gasteiger partial charge on any atom is -0.497 e. The van der Waals surface area contributed by atoms with E-state index in [4.69, 9.17) is 9.47 Å². The lowest BCUT2D eigenvalue weighted by Gasteiger charge is -2.22. The van der Waals surface area contributed by atoms with Crippen molar-refractivity contribution in [1.82, 2.24) is 9.47 Å². The molecule has 4 nitrogen and oxygen atoms in total. The number of para-hydroxylation sites is 1. The molecule has 0 amide bonds. The van der Waals surface area contributed by atoms with Crippen molar-refractivity contribution in [1.29, 1.82) is 0 Å². The van der Waals surface area contributed by atoms with Crippen LogP contribution >= 0.6 is 0 Å². The summed E-state index contributed by atoms with van der Waals surface area (Å²) in [5.41, 5.74) is 2.77. The molecular weight excluding hydrogens is 331 g/mol. The van der Waals surface area contributed by atoms with Crippen LogP contribution < -0.4 is 4.74 Å². The number of halogens is 1. The molecule has 1 saturated heterocycles. The highest BCUT2D eigenvalue weighted by atomic mass is 19.1. The topological polar surface area (TPSA) is 26.6 Å². The molecule has 134 valence electrons. The second-order valence-corrected chi connectivity index (χ2v) is 6.35. The Labute approximate surface area is 152 Å². The largest absolute Gasteiger partial charge is 0.497 e. The third kappa shape index (κ3) is 3.36. The molecule has 1 aliphatic heterocycles. The lowest BCUT2D eigenvalue weighted by molar-refractivity contribution is 0.0288. The van der Waals surface area contributed by atoms with E-state index in [2.05, 4.69) is 17.0 Å². The molecular formula is C21H21FN2O2. The molecule has 1 aromatic heterocycles. The number of methoxy groups -OCH3 is 1. The van der Waals surface area contributed by atoms with Crippen molar-refractivity contribution in [3.8, 4) is 11.4 Å². The number of hydrogen-bond acceptors (Lipinski definition) is 3. The summed E-state index contributed by atoms with van der Waals surface area (Å²) in [6.07, 6.45) is 3.70. The first kappa shape index (κ1) is 16.8. The van der Waals surface area contributed by atoms with Crippen LogP contribution in [-0.2, 0) is 11.3 Å². The lowest BCUT2D eigenvalue weighted by atomic mass is 10.2. The first-order valence-electron chi connectivity index (χ1n) is 8.66. The molecule has 1 atom stereocenters. The Hall–Kier alpha value is -2.63. The van der Waals surface area contributed by atoms with Gasteiger partial charge >= 0.3 is 0 Å². The summed E-state index contributed by atoms with van der Waals surface area (Å²) in [6, 6.07) is 16.8. The summed E-state index contributed by atoms with van der Waals surface area (Å²) >= 11 is 0. The van der Waals surface area contributed by atoms with Gasteiger partial charge in [0.05, 0.1) is 19.4 Å². The molecule has 2 aromatic carbocycles. The summed E-state index contributed by atoms with van der Waals surface area (Å²) in [7, 11) is 1.67. The molecule has 0 N–H and O–H groups in total. The minimum atomic E-state index is -0.239. The second kappa shape index (κ2) is 7.32. The van der Waals surface area contributed by atoms with Gasteiger partial charge in [0.25, 0.3) is 0 Å². The maximum Gasteiger partial charge on any atom is 0.147 e. The van der Waals surface area contributed by atoms with E-state index < -0.39 is 0 Å². The summed E-state index contributed by atoms with van der Waals surface area (Å²) in [5, 5.41) is 0. The van der Waals surface area contributed by atoms with Gasteiger partial charge in [0.2, 0.25) is 0 Å². The van der Waals surface area contributed by atoms with Crippen LogP contribution in [0.3, 0.4) is 0 Å². The second-order valence-electron chi connectivity index (χ2n) is 6.35. The van der Waals surface area contributed by atoms with E-state index in [1.807, 2.05) is 36.7 Å². The molecule has 1 aliphatic rings. The van der Waals surface area contributed by atoms with Crippen molar-refractivity contribution < 1.29 is 13.9 Å². The number of benzene rings is 2. The van der Waals surface area contributed by atoms with E-state index >= 15 is 0 Å². The lowest BCUT2D eigenvalue weighted by Crippen LogP contribution is -2.23. The molecule has 1 fully saturated rings. The number of aromatic nitrogens is 1. The quantitative estimate of drug-likeness (QED) is 0.690. The highest BCUT2D eigenvalue weighted by molar-refractivity contribution is 5.36. The smallest absolute Gasteiger partial charge is 0.147 e. The summed E-state index contributed by atoms with van der Waals surface area (Å²) in [5.74, 6) is 0.613. The van der Waals surface area contributed by atoms with Crippen LogP contribution in [0.5, 0.6) is 5.75 Å². The number of hydrogen-bond donors (Lipinski definition) is 0. The normalized spacial score (nSPS) is 17.5. The van der Waals surface area contributed by atoms with Gasteiger partial charge in [0, 0.05) is 31.0 Å². The van der Waals surface area contributed by atoms with Crippen LogP contribution in [0.2, 0.25) is 0 Å². The fourth-order valence-electron chi connectivity index (χ4n) is 3.31. The van der Waals surface area contributed by atoms with Gasteiger partial charge in [-0.15, -0.1) is 0 Å². The monoisotopic (exact) mass is 352 g/mol.